The van der Waals surface area contributed by atoms with Gasteiger partial charge in [-0.3, -0.25) is 4.79 Å². The van der Waals surface area contributed by atoms with Crippen molar-refractivity contribution in [2.75, 3.05) is 63.3 Å². The van der Waals surface area contributed by atoms with E-state index in [1.54, 1.807) is 0 Å². The second kappa shape index (κ2) is 13.4. The van der Waals surface area contributed by atoms with Crippen molar-refractivity contribution in [2.45, 2.75) is 38.3 Å². The number of anilines is 2. The van der Waals surface area contributed by atoms with Crippen LogP contribution in [0.1, 0.15) is 30.5 Å². The minimum atomic E-state index is -0.562. The van der Waals surface area contributed by atoms with Crippen LogP contribution >= 0.6 is 11.6 Å². The summed E-state index contributed by atoms with van der Waals surface area (Å²) in [5.74, 6) is 0.435. The zero-order valence-electron chi connectivity index (χ0n) is 25.3. The summed E-state index contributed by atoms with van der Waals surface area (Å²) in [4.78, 5) is 40.7. The van der Waals surface area contributed by atoms with Crippen LogP contribution in [0.5, 0.6) is 6.01 Å². The molecule has 0 spiro atoms. The molecule has 1 amide bonds. The van der Waals surface area contributed by atoms with Crippen LogP contribution in [0.25, 0.3) is 10.8 Å². The van der Waals surface area contributed by atoms with E-state index < -0.39 is 5.97 Å². The van der Waals surface area contributed by atoms with Crippen LogP contribution in [0, 0.1) is 5.92 Å². The lowest BCUT2D eigenvalue weighted by molar-refractivity contribution is -0.135. The molecule has 0 bridgehead atoms. The fourth-order valence-electron chi connectivity index (χ4n) is 6.59. The highest BCUT2D eigenvalue weighted by atomic mass is 35.5. The topological polar surface area (TPSA) is 100 Å². The standard InChI is InChI=1S/C33H39ClN6O4/c1-38-15-5-6-22(18-38)21-44-33-36-27-20-39(28-10-4-8-23-7-3-9-26(34)31(23)28)17-14-25(27)32(37-33)40-16-13-24(19-40)35-29(41)11-12-30(42)43-2/h3-4,7-12,22,24H,5-6,13-21H2,1-2H3,(H,35,41)/b12-11+. The number of halogens is 1. The Morgan fingerprint density at radius 1 is 1.05 bits per heavy atom. The summed E-state index contributed by atoms with van der Waals surface area (Å²) in [7, 11) is 3.44. The van der Waals surface area contributed by atoms with E-state index in [9.17, 15) is 9.59 Å². The van der Waals surface area contributed by atoms with Crippen LogP contribution in [0.4, 0.5) is 11.5 Å². The first-order valence-corrected chi connectivity index (χ1v) is 15.7. The zero-order valence-corrected chi connectivity index (χ0v) is 26.1. The maximum absolute atomic E-state index is 12.4. The minimum Gasteiger partial charge on any atom is -0.466 e. The summed E-state index contributed by atoms with van der Waals surface area (Å²) in [6, 6.07) is 12.6. The number of methoxy groups -OCH3 is 1. The third-order valence-electron chi connectivity index (χ3n) is 8.77. The van der Waals surface area contributed by atoms with Crippen LogP contribution in [0.15, 0.2) is 48.6 Å². The number of amides is 1. The molecule has 1 aromatic heterocycles. The molecule has 2 fully saturated rings. The first-order valence-electron chi connectivity index (χ1n) is 15.3. The molecule has 2 saturated heterocycles. The number of carbonyl (C=O) groups is 2. The molecular weight excluding hydrogens is 580 g/mol. The van der Waals surface area contributed by atoms with Crippen LogP contribution in [-0.2, 0) is 27.3 Å². The summed E-state index contributed by atoms with van der Waals surface area (Å²) in [5.41, 5.74) is 3.17. The number of ether oxygens (including phenoxy) is 2. The molecular formula is C33H39ClN6O4. The molecule has 1 N–H and O–H groups in total. The molecule has 10 nitrogen and oxygen atoms in total. The molecule has 2 atom stereocenters. The van der Waals surface area contributed by atoms with Gasteiger partial charge < -0.3 is 29.5 Å². The van der Waals surface area contributed by atoms with Gasteiger partial charge in [-0.25, -0.2) is 4.79 Å². The van der Waals surface area contributed by atoms with Crippen LogP contribution in [-0.4, -0.2) is 86.3 Å². The Hall–Kier alpha value is -3.89. The lowest BCUT2D eigenvalue weighted by atomic mass is 10.00. The summed E-state index contributed by atoms with van der Waals surface area (Å²) < 4.78 is 10.9. The second-order valence-electron chi connectivity index (χ2n) is 11.9. The third kappa shape index (κ3) is 6.76. The monoisotopic (exact) mass is 618 g/mol. The lowest BCUT2D eigenvalue weighted by Crippen LogP contribution is -2.38. The van der Waals surface area contributed by atoms with Crippen molar-refractivity contribution in [1.29, 1.82) is 0 Å². The normalized spacial score (nSPS) is 20.6. The van der Waals surface area contributed by atoms with E-state index in [0.29, 0.717) is 31.6 Å². The molecule has 0 radical (unpaired) electrons. The molecule has 0 saturated carbocycles. The number of aromatic nitrogens is 2. The van der Waals surface area contributed by atoms with Gasteiger partial charge >= 0.3 is 12.0 Å². The van der Waals surface area contributed by atoms with Crippen molar-refractivity contribution in [1.82, 2.24) is 20.2 Å². The number of likely N-dealkylation sites (tertiary alicyclic amines) is 1. The van der Waals surface area contributed by atoms with E-state index in [1.807, 2.05) is 12.1 Å². The smallest absolute Gasteiger partial charge is 0.330 e. The number of hydrogen-bond acceptors (Lipinski definition) is 9. The number of benzene rings is 2. The molecule has 44 heavy (non-hydrogen) atoms. The Morgan fingerprint density at radius 2 is 1.89 bits per heavy atom. The number of hydrogen-bond donors (Lipinski definition) is 1. The highest BCUT2D eigenvalue weighted by Crippen LogP contribution is 2.37. The molecule has 11 heteroatoms. The van der Waals surface area contributed by atoms with Crippen molar-refractivity contribution >= 4 is 45.8 Å². The minimum absolute atomic E-state index is 0.0736. The van der Waals surface area contributed by atoms with Gasteiger partial charge in [-0.15, -0.1) is 0 Å². The Balaban J connectivity index is 1.25. The van der Waals surface area contributed by atoms with Gasteiger partial charge in [-0.05, 0) is 56.8 Å². The van der Waals surface area contributed by atoms with Crippen LogP contribution < -0.4 is 19.9 Å². The molecule has 3 aliphatic heterocycles. The van der Waals surface area contributed by atoms with E-state index in [0.717, 1.165) is 90.1 Å². The number of fused-ring (bicyclic) bond motifs is 2. The Kier molecular flexibility index (Phi) is 9.18. The largest absolute Gasteiger partial charge is 0.466 e. The van der Waals surface area contributed by atoms with Crippen LogP contribution in [0.2, 0.25) is 5.02 Å². The predicted octanol–water partition coefficient (Wildman–Crippen LogP) is 3.99. The van der Waals surface area contributed by atoms with Gasteiger partial charge in [0.15, 0.2) is 0 Å². The number of carbonyl (C=O) groups excluding carboxylic acids is 2. The van der Waals surface area contributed by atoms with Crippen molar-refractivity contribution in [3.63, 3.8) is 0 Å². The average molecular weight is 619 g/mol. The van der Waals surface area contributed by atoms with Gasteiger partial charge in [-0.1, -0.05) is 35.9 Å². The Bertz CT molecular complexity index is 1560. The van der Waals surface area contributed by atoms with E-state index in [1.165, 1.54) is 19.6 Å². The quantitative estimate of drug-likeness (QED) is 0.297. The van der Waals surface area contributed by atoms with Crippen molar-refractivity contribution in [3.8, 4) is 6.01 Å². The Morgan fingerprint density at radius 3 is 2.70 bits per heavy atom. The summed E-state index contributed by atoms with van der Waals surface area (Å²) in [5, 5.41) is 5.89. The van der Waals surface area contributed by atoms with E-state index in [2.05, 4.69) is 56.1 Å². The van der Waals surface area contributed by atoms with Gasteiger partial charge in [0.1, 0.15) is 5.82 Å². The van der Waals surface area contributed by atoms with Crippen LogP contribution in [0.3, 0.4) is 0 Å². The molecule has 3 aromatic rings. The van der Waals surface area contributed by atoms with Crippen molar-refractivity contribution < 1.29 is 19.1 Å². The number of esters is 1. The highest BCUT2D eigenvalue weighted by Gasteiger charge is 2.31. The number of rotatable bonds is 8. The van der Waals surface area contributed by atoms with Crippen molar-refractivity contribution in [2.24, 2.45) is 5.92 Å². The fourth-order valence-corrected chi connectivity index (χ4v) is 6.87. The Labute approximate surface area is 263 Å². The first kappa shape index (κ1) is 30.1. The molecule has 232 valence electrons. The maximum Gasteiger partial charge on any atom is 0.330 e. The fraction of sp³-hybridized carbons (Fsp3) is 0.455. The molecule has 6 rings (SSSR count). The molecule has 3 aliphatic rings. The van der Waals surface area contributed by atoms with Gasteiger partial charge in [-0.2, -0.15) is 9.97 Å². The van der Waals surface area contributed by atoms with E-state index >= 15 is 0 Å². The third-order valence-corrected chi connectivity index (χ3v) is 9.09. The SMILES string of the molecule is COC(=O)/C=C/C(=O)NC1CCN(c2nc(OCC3CCCN(C)C3)nc3c2CCN(c2cccc4cccc(Cl)c24)C3)C1. The van der Waals surface area contributed by atoms with E-state index in [-0.39, 0.29) is 11.9 Å². The van der Waals surface area contributed by atoms with Gasteiger partial charge in [0, 0.05) is 66.9 Å². The second-order valence-corrected chi connectivity index (χ2v) is 12.3. The summed E-state index contributed by atoms with van der Waals surface area (Å²) in [6.45, 7) is 5.47. The number of nitrogens with one attached hydrogen (secondary N) is 1. The predicted molar refractivity (Wildman–Crippen MR) is 171 cm³/mol. The van der Waals surface area contributed by atoms with E-state index in [4.69, 9.17) is 26.3 Å². The maximum atomic E-state index is 12.4. The molecule has 0 aliphatic carbocycles. The highest BCUT2D eigenvalue weighted by molar-refractivity contribution is 6.36. The molecule has 2 unspecified atom stereocenters. The molecule has 4 heterocycles. The zero-order chi connectivity index (χ0) is 30.6. The average Bonchev–Trinajstić information content (AvgIpc) is 3.50. The number of nitrogens with zero attached hydrogens (tertiary/aromatic N) is 5. The molecule has 2 aromatic carbocycles. The summed E-state index contributed by atoms with van der Waals surface area (Å²) >= 11 is 6.70. The van der Waals surface area contributed by atoms with Gasteiger partial charge in [0.25, 0.3) is 0 Å². The van der Waals surface area contributed by atoms with Gasteiger partial charge in [0.05, 0.1) is 31.0 Å². The van der Waals surface area contributed by atoms with Gasteiger partial charge in [0.2, 0.25) is 5.91 Å². The number of piperidine rings is 1. The first-order chi connectivity index (χ1) is 21.4. The van der Waals surface area contributed by atoms with Crippen molar-refractivity contribution in [3.05, 3.63) is 64.8 Å². The lowest BCUT2D eigenvalue weighted by Gasteiger charge is -2.33. The summed E-state index contributed by atoms with van der Waals surface area (Å²) in [6.07, 6.45) is 6.18.